The monoisotopic (exact) mass is 1190 g/mol. The van der Waals surface area contributed by atoms with Crippen molar-refractivity contribution in [3.8, 4) is 0 Å². The second-order valence-corrected chi connectivity index (χ2v) is 27.1. The van der Waals surface area contributed by atoms with E-state index in [2.05, 4.69) is 62.5 Å². The molecule has 3 unspecified atom stereocenters. The summed E-state index contributed by atoms with van der Waals surface area (Å²) in [5.41, 5.74) is 0. The summed E-state index contributed by atoms with van der Waals surface area (Å²) < 4.78 is 30.5. The highest BCUT2D eigenvalue weighted by Gasteiger charge is 2.27. The molecule has 0 rings (SSSR count). The minimum Gasteiger partial charge on any atom is -0.756 e. The molecule has 0 saturated carbocycles. The van der Waals surface area contributed by atoms with Gasteiger partial charge >= 0.3 is 5.97 Å². The van der Waals surface area contributed by atoms with Gasteiger partial charge in [-0.3, -0.25) is 14.2 Å². The minimum absolute atomic E-state index is 0.0211. The van der Waals surface area contributed by atoms with E-state index in [1.165, 1.54) is 257 Å². The van der Waals surface area contributed by atoms with Crippen LogP contribution >= 0.6 is 7.82 Å². The molecule has 0 aliphatic carbocycles. The molecule has 0 aromatic carbocycles. The van der Waals surface area contributed by atoms with E-state index >= 15 is 0 Å². The number of nitrogens with one attached hydrogen (secondary N) is 1. The van der Waals surface area contributed by atoms with Crippen molar-refractivity contribution in [1.29, 1.82) is 0 Å². The molecule has 0 heterocycles. The summed E-state index contributed by atoms with van der Waals surface area (Å²) in [7, 11) is 1.20. The number of rotatable bonds is 66. The highest BCUT2D eigenvalue weighted by atomic mass is 31.2. The van der Waals surface area contributed by atoms with Crippen molar-refractivity contribution in [2.75, 3.05) is 40.9 Å². The van der Waals surface area contributed by atoms with Crippen molar-refractivity contribution in [2.24, 2.45) is 0 Å². The molecule has 0 spiro atoms. The van der Waals surface area contributed by atoms with Gasteiger partial charge in [0.15, 0.2) is 0 Å². The van der Waals surface area contributed by atoms with Crippen LogP contribution in [-0.4, -0.2) is 69.4 Å². The van der Waals surface area contributed by atoms with Crippen molar-refractivity contribution >= 4 is 19.7 Å². The number of phosphoric ester groups is 1. The molecule has 0 aliphatic rings. The zero-order valence-corrected chi connectivity index (χ0v) is 56.8. The van der Waals surface area contributed by atoms with E-state index in [4.69, 9.17) is 13.8 Å². The third-order valence-corrected chi connectivity index (χ3v) is 17.2. The van der Waals surface area contributed by atoms with Crippen LogP contribution in [0.3, 0.4) is 0 Å². The van der Waals surface area contributed by atoms with Crippen LogP contribution in [0.1, 0.15) is 355 Å². The number of ether oxygens (including phenoxy) is 1. The fourth-order valence-corrected chi connectivity index (χ4v) is 11.4. The van der Waals surface area contributed by atoms with Crippen LogP contribution in [0.2, 0.25) is 0 Å². The number of phosphoric acid groups is 1. The maximum Gasteiger partial charge on any atom is 0.306 e. The fourth-order valence-electron chi connectivity index (χ4n) is 10.7. The number of amides is 1. The molecular weight excluding hydrogens is 1050 g/mol. The molecule has 10 heteroatoms. The number of carbonyl (C=O) groups is 2. The predicted molar refractivity (Wildman–Crippen MR) is 358 cm³/mol. The van der Waals surface area contributed by atoms with E-state index in [0.717, 1.165) is 64.2 Å². The maximum atomic E-state index is 13.6. The fraction of sp³-hybridized carbons (Fsp3) is 0.863. The molecule has 3 atom stereocenters. The second kappa shape index (κ2) is 63.0. The van der Waals surface area contributed by atoms with Gasteiger partial charge < -0.3 is 28.5 Å². The van der Waals surface area contributed by atoms with Gasteiger partial charge in [0.2, 0.25) is 5.91 Å². The van der Waals surface area contributed by atoms with Crippen LogP contribution in [0, 0.1) is 0 Å². The van der Waals surface area contributed by atoms with E-state index in [1.54, 1.807) is 0 Å². The van der Waals surface area contributed by atoms with Crippen molar-refractivity contribution in [3.05, 3.63) is 48.6 Å². The van der Waals surface area contributed by atoms with Crippen molar-refractivity contribution in [3.63, 3.8) is 0 Å². The summed E-state index contributed by atoms with van der Waals surface area (Å²) in [6.45, 7) is 6.87. The van der Waals surface area contributed by atoms with Gasteiger partial charge in [0, 0.05) is 12.8 Å². The number of quaternary nitrogens is 1. The molecular formula is C73H139N2O7P. The zero-order chi connectivity index (χ0) is 60.7. The lowest BCUT2D eigenvalue weighted by Gasteiger charge is -2.30. The molecule has 1 amide bonds. The Kier molecular flexibility index (Phi) is 61.5. The van der Waals surface area contributed by atoms with E-state index in [9.17, 15) is 19.0 Å². The third kappa shape index (κ3) is 64.3. The van der Waals surface area contributed by atoms with Crippen LogP contribution in [0.5, 0.6) is 0 Å². The molecule has 0 fully saturated rings. The number of likely N-dealkylation sites (N-methyl/N-ethyl adjacent to an activating group) is 1. The zero-order valence-electron chi connectivity index (χ0n) is 55.9. The minimum atomic E-state index is -4.70. The van der Waals surface area contributed by atoms with E-state index in [1.807, 2.05) is 33.3 Å². The van der Waals surface area contributed by atoms with Gasteiger partial charge in [0.05, 0.1) is 33.8 Å². The number of carbonyl (C=O) groups excluding carboxylic acids is 2. The van der Waals surface area contributed by atoms with Gasteiger partial charge in [-0.25, -0.2) is 0 Å². The molecule has 0 bridgehead atoms. The molecule has 0 aromatic rings. The van der Waals surface area contributed by atoms with Gasteiger partial charge in [-0.2, -0.15) is 0 Å². The first-order chi connectivity index (χ1) is 40.4. The van der Waals surface area contributed by atoms with Crippen LogP contribution in [0.25, 0.3) is 0 Å². The van der Waals surface area contributed by atoms with Crippen LogP contribution in [0.4, 0.5) is 0 Å². The first kappa shape index (κ1) is 81.0. The molecule has 9 nitrogen and oxygen atoms in total. The average molecular weight is 1190 g/mol. The van der Waals surface area contributed by atoms with Gasteiger partial charge in [0.25, 0.3) is 7.82 Å². The summed E-state index contributed by atoms with van der Waals surface area (Å²) in [5.74, 6) is -0.526. The summed E-state index contributed by atoms with van der Waals surface area (Å²) in [5, 5.41) is 3.05. The topological polar surface area (TPSA) is 114 Å². The predicted octanol–water partition coefficient (Wildman–Crippen LogP) is 22.2. The normalized spacial score (nSPS) is 13.8. The Bertz CT molecular complexity index is 1560. The second-order valence-electron chi connectivity index (χ2n) is 25.7. The Morgan fingerprint density at radius 3 is 1.12 bits per heavy atom. The first-order valence-electron chi connectivity index (χ1n) is 35.9. The molecule has 0 aliphatic heterocycles. The molecule has 0 radical (unpaired) electrons. The van der Waals surface area contributed by atoms with E-state index in [0.29, 0.717) is 17.4 Å². The highest BCUT2D eigenvalue weighted by Crippen LogP contribution is 2.38. The number of esters is 1. The molecule has 83 heavy (non-hydrogen) atoms. The quantitative estimate of drug-likeness (QED) is 0.0212. The summed E-state index contributed by atoms with van der Waals surface area (Å²) >= 11 is 0. The summed E-state index contributed by atoms with van der Waals surface area (Å²) in [4.78, 5) is 40.2. The number of hydrogen-bond acceptors (Lipinski definition) is 7. The standard InChI is InChI=1S/C73H139N2O7P/c1-7-10-13-16-19-22-25-28-30-32-34-36-37-39-40-42-44-47-50-53-56-59-62-65-72(76)74-70(69-81-83(78,79)80-68-67-75(4,5)6)71(64-61-58-55-52-49-46-27-24-21-18-15-12-9-3)82-73(77)66-63-60-57-54-51-48-45-43-41-38-35-33-31-29-26-23-20-17-14-11-8-2/h19,22,28-31,61,64,70-71H,7-18,20-21,23-27,32-60,62-63,65-69H2,1-6H3,(H-,74,76,78,79)/b22-19-,30-28-,31-29+,64-61+. The van der Waals surface area contributed by atoms with Gasteiger partial charge in [0.1, 0.15) is 19.3 Å². The number of nitrogens with zero attached hydrogens (tertiary/aromatic N) is 1. The Labute approximate surface area is 516 Å². The SMILES string of the molecule is CCCCC/C=C\C/C=C\CCCCCCCCCCCCCCCC(=O)NC(COP(=O)([O-])OCC[N+](C)(C)C)C(/C=C/CCCCCCCCCCCCC)OC(=O)CCCCCCCCCCCCC/C=C/CCCCCCCC. The van der Waals surface area contributed by atoms with Crippen LogP contribution in [0.15, 0.2) is 48.6 Å². The lowest BCUT2D eigenvalue weighted by atomic mass is 10.0. The van der Waals surface area contributed by atoms with Crippen molar-refractivity contribution in [2.45, 2.75) is 367 Å². The van der Waals surface area contributed by atoms with Crippen molar-refractivity contribution < 1.29 is 37.3 Å². The van der Waals surface area contributed by atoms with Crippen LogP contribution < -0.4 is 10.2 Å². The number of unbranched alkanes of at least 4 members (excludes halogenated alkanes) is 44. The molecule has 0 aromatic heterocycles. The highest BCUT2D eigenvalue weighted by molar-refractivity contribution is 7.45. The molecule has 0 saturated heterocycles. The number of allylic oxidation sites excluding steroid dienone is 7. The molecule has 488 valence electrons. The van der Waals surface area contributed by atoms with Crippen LogP contribution in [-0.2, 0) is 27.9 Å². The Balaban J connectivity index is 5.09. The van der Waals surface area contributed by atoms with E-state index < -0.39 is 20.0 Å². The smallest absolute Gasteiger partial charge is 0.306 e. The molecule has 1 N–H and O–H groups in total. The maximum absolute atomic E-state index is 13.6. The number of hydrogen-bond donors (Lipinski definition) is 1. The first-order valence-corrected chi connectivity index (χ1v) is 37.4. The Hall–Kier alpha value is -2.03. The Morgan fingerprint density at radius 1 is 0.422 bits per heavy atom. The largest absolute Gasteiger partial charge is 0.756 e. The third-order valence-electron chi connectivity index (χ3n) is 16.2. The summed E-state index contributed by atoms with van der Waals surface area (Å²) in [6, 6.07) is -0.889. The van der Waals surface area contributed by atoms with Crippen molar-refractivity contribution in [1.82, 2.24) is 5.32 Å². The Morgan fingerprint density at radius 2 is 0.735 bits per heavy atom. The summed E-state index contributed by atoms with van der Waals surface area (Å²) in [6.07, 6.45) is 79.4. The van der Waals surface area contributed by atoms with Gasteiger partial charge in [-0.15, -0.1) is 0 Å². The lowest BCUT2D eigenvalue weighted by Crippen LogP contribution is -2.47. The van der Waals surface area contributed by atoms with Gasteiger partial charge in [-0.05, 0) is 89.5 Å². The van der Waals surface area contributed by atoms with E-state index in [-0.39, 0.29) is 31.5 Å². The lowest BCUT2D eigenvalue weighted by molar-refractivity contribution is -0.870. The average Bonchev–Trinajstić information content (AvgIpc) is 3.46. The van der Waals surface area contributed by atoms with Gasteiger partial charge in [-0.1, -0.05) is 301 Å².